The molecular weight excluding hydrogens is 326 g/mol. The molecule has 2 atom stereocenters. The number of nitrogens with zero attached hydrogens (tertiary/aromatic N) is 1. The van der Waals surface area contributed by atoms with Crippen molar-refractivity contribution in [2.75, 3.05) is 13.1 Å². The van der Waals surface area contributed by atoms with Crippen molar-refractivity contribution in [3.8, 4) is 0 Å². The lowest BCUT2D eigenvalue weighted by Gasteiger charge is -2.16. The lowest BCUT2D eigenvalue weighted by molar-refractivity contribution is -0.126. The second kappa shape index (κ2) is 7.57. The molecule has 1 aliphatic rings. The lowest BCUT2D eigenvalue weighted by Crippen LogP contribution is -2.30. The first-order valence-electron chi connectivity index (χ1n) is 8.34. The number of hydrogen-bond donors (Lipinski definition) is 0. The first-order chi connectivity index (χ1) is 11.3. The van der Waals surface area contributed by atoms with E-state index in [0.717, 1.165) is 12.0 Å². The maximum Gasteiger partial charge on any atom is 0.243 e. The van der Waals surface area contributed by atoms with Gasteiger partial charge in [-0.05, 0) is 31.9 Å². The molecule has 1 aromatic carbocycles. The van der Waals surface area contributed by atoms with Crippen LogP contribution in [0.4, 0.5) is 0 Å². The van der Waals surface area contributed by atoms with Crippen LogP contribution >= 0.6 is 0 Å². The van der Waals surface area contributed by atoms with Crippen molar-refractivity contribution in [1.82, 2.24) is 4.31 Å². The number of carbonyl (C=O) groups is 2. The van der Waals surface area contributed by atoms with Gasteiger partial charge in [-0.1, -0.05) is 31.0 Å². The predicted octanol–water partition coefficient (Wildman–Crippen LogP) is 2.58. The van der Waals surface area contributed by atoms with Crippen LogP contribution in [0, 0.1) is 18.8 Å². The molecule has 0 saturated carbocycles. The lowest BCUT2D eigenvalue weighted by atomic mass is 9.88. The summed E-state index contributed by atoms with van der Waals surface area (Å²) in [5, 5.41) is 0. The minimum absolute atomic E-state index is 0.00124. The van der Waals surface area contributed by atoms with Crippen molar-refractivity contribution >= 4 is 21.6 Å². The summed E-state index contributed by atoms with van der Waals surface area (Å²) >= 11 is 0. The Balaban J connectivity index is 2.16. The zero-order chi connectivity index (χ0) is 17.9. The fraction of sp³-hybridized carbons (Fsp3) is 0.556. The summed E-state index contributed by atoms with van der Waals surface area (Å²) in [6.45, 7) is 5.92. The van der Waals surface area contributed by atoms with Crippen LogP contribution in [0.1, 0.15) is 38.7 Å². The second-order valence-electron chi connectivity index (χ2n) is 6.58. The molecule has 0 amide bonds. The number of rotatable bonds is 7. The fourth-order valence-electron chi connectivity index (χ4n) is 3.15. The Labute approximate surface area is 144 Å². The highest BCUT2D eigenvalue weighted by Crippen LogP contribution is 2.32. The van der Waals surface area contributed by atoms with Crippen molar-refractivity contribution in [1.29, 1.82) is 0 Å². The van der Waals surface area contributed by atoms with Crippen LogP contribution in [0.5, 0.6) is 0 Å². The molecule has 2 rings (SSSR count). The minimum atomic E-state index is -3.58. The Bertz CT molecular complexity index is 709. The number of carbonyl (C=O) groups excluding carboxylic acids is 2. The Morgan fingerprint density at radius 1 is 1.12 bits per heavy atom. The van der Waals surface area contributed by atoms with Crippen LogP contribution in [0.2, 0.25) is 0 Å². The van der Waals surface area contributed by atoms with Gasteiger partial charge in [0.05, 0.1) is 4.90 Å². The van der Waals surface area contributed by atoms with Crippen LogP contribution < -0.4 is 0 Å². The molecule has 1 fully saturated rings. The van der Waals surface area contributed by atoms with Crippen LogP contribution in [-0.2, 0) is 19.6 Å². The summed E-state index contributed by atoms with van der Waals surface area (Å²) in [5.41, 5.74) is 0.999. The van der Waals surface area contributed by atoms with Gasteiger partial charge in [0.25, 0.3) is 0 Å². The van der Waals surface area contributed by atoms with Gasteiger partial charge in [-0.2, -0.15) is 4.31 Å². The molecule has 1 heterocycles. The van der Waals surface area contributed by atoms with Gasteiger partial charge in [-0.3, -0.25) is 4.79 Å². The average molecular weight is 351 g/mol. The minimum Gasteiger partial charge on any atom is -0.300 e. The first kappa shape index (κ1) is 18.8. The summed E-state index contributed by atoms with van der Waals surface area (Å²) in [6.07, 6.45) is 1.18. The molecule has 24 heavy (non-hydrogen) atoms. The van der Waals surface area contributed by atoms with Crippen LogP contribution in [0.25, 0.3) is 0 Å². The highest BCUT2D eigenvalue weighted by Gasteiger charge is 2.41. The Kier molecular flexibility index (Phi) is 5.93. The van der Waals surface area contributed by atoms with Crippen molar-refractivity contribution < 1.29 is 18.0 Å². The van der Waals surface area contributed by atoms with Gasteiger partial charge >= 0.3 is 0 Å². The van der Waals surface area contributed by atoms with E-state index in [1.54, 1.807) is 24.3 Å². The topological polar surface area (TPSA) is 71.5 Å². The monoisotopic (exact) mass is 351 g/mol. The zero-order valence-electron chi connectivity index (χ0n) is 14.5. The maximum absolute atomic E-state index is 12.8. The molecule has 132 valence electrons. The van der Waals surface area contributed by atoms with E-state index >= 15 is 0 Å². The van der Waals surface area contributed by atoms with Crippen molar-refractivity contribution in [2.45, 2.75) is 44.9 Å². The highest BCUT2D eigenvalue weighted by atomic mass is 32.2. The van der Waals surface area contributed by atoms with E-state index in [2.05, 4.69) is 0 Å². The van der Waals surface area contributed by atoms with Gasteiger partial charge < -0.3 is 4.79 Å². The van der Waals surface area contributed by atoms with E-state index < -0.39 is 10.0 Å². The number of Topliss-reactive ketones (excluding diaryl/α,β-unsaturated/α-hetero) is 2. The molecule has 0 radical (unpaired) electrons. The number of hydrogen-bond acceptors (Lipinski definition) is 4. The SMILES string of the molecule is CCC1CN(S(=O)(=O)c2ccc(C)cc2)CC1C(=O)CCC(C)=O. The highest BCUT2D eigenvalue weighted by molar-refractivity contribution is 7.89. The van der Waals surface area contributed by atoms with E-state index in [1.165, 1.54) is 11.2 Å². The number of ketones is 2. The second-order valence-corrected chi connectivity index (χ2v) is 8.52. The number of benzene rings is 1. The van der Waals surface area contributed by atoms with E-state index in [0.29, 0.717) is 6.54 Å². The Morgan fingerprint density at radius 2 is 1.75 bits per heavy atom. The van der Waals surface area contributed by atoms with Crippen LogP contribution in [0.3, 0.4) is 0 Å². The third-order valence-electron chi connectivity index (χ3n) is 4.73. The summed E-state index contributed by atoms with van der Waals surface area (Å²) in [6, 6.07) is 6.76. The van der Waals surface area contributed by atoms with E-state index in [4.69, 9.17) is 0 Å². The molecule has 0 spiro atoms. The molecule has 0 bridgehead atoms. The largest absolute Gasteiger partial charge is 0.300 e. The summed E-state index contributed by atoms with van der Waals surface area (Å²) in [5.74, 6) is -0.309. The molecule has 0 aromatic heterocycles. The van der Waals surface area contributed by atoms with Crippen molar-refractivity contribution in [3.05, 3.63) is 29.8 Å². The van der Waals surface area contributed by atoms with E-state index in [1.807, 2.05) is 13.8 Å². The standard InChI is InChI=1S/C18H25NO4S/c1-4-15-11-19(12-17(15)18(21)10-7-14(3)20)24(22,23)16-8-5-13(2)6-9-16/h5-6,8-9,15,17H,4,7,10-12H2,1-3H3. The van der Waals surface area contributed by atoms with Gasteiger partial charge in [0.1, 0.15) is 11.6 Å². The number of aryl methyl sites for hydroxylation is 1. The van der Waals surface area contributed by atoms with E-state index in [9.17, 15) is 18.0 Å². The molecule has 2 unspecified atom stereocenters. The van der Waals surface area contributed by atoms with Gasteiger partial charge in [0.15, 0.2) is 0 Å². The smallest absolute Gasteiger partial charge is 0.243 e. The molecule has 0 N–H and O–H groups in total. The van der Waals surface area contributed by atoms with Gasteiger partial charge in [0, 0.05) is 31.8 Å². The van der Waals surface area contributed by atoms with Crippen LogP contribution in [0.15, 0.2) is 29.2 Å². The third-order valence-corrected chi connectivity index (χ3v) is 6.57. The van der Waals surface area contributed by atoms with Gasteiger partial charge in [-0.15, -0.1) is 0 Å². The van der Waals surface area contributed by atoms with Gasteiger partial charge in [-0.25, -0.2) is 8.42 Å². The van der Waals surface area contributed by atoms with Crippen molar-refractivity contribution in [2.24, 2.45) is 11.8 Å². The molecule has 1 aromatic rings. The predicted molar refractivity (Wildman–Crippen MR) is 92.1 cm³/mol. The quantitative estimate of drug-likeness (QED) is 0.757. The Morgan fingerprint density at radius 3 is 2.29 bits per heavy atom. The zero-order valence-corrected chi connectivity index (χ0v) is 15.3. The van der Waals surface area contributed by atoms with Crippen LogP contribution in [-0.4, -0.2) is 37.4 Å². The third kappa shape index (κ3) is 4.11. The Hall–Kier alpha value is -1.53. The average Bonchev–Trinajstić information content (AvgIpc) is 2.98. The molecule has 6 heteroatoms. The van der Waals surface area contributed by atoms with E-state index in [-0.39, 0.29) is 47.7 Å². The summed E-state index contributed by atoms with van der Waals surface area (Å²) in [7, 11) is -3.58. The summed E-state index contributed by atoms with van der Waals surface area (Å²) in [4.78, 5) is 23.8. The molecular formula is C18H25NO4S. The molecule has 0 aliphatic carbocycles. The molecule has 1 aliphatic heterocycles. The normalized spacial score (nSPS) is 21.8. The fourth-order valence-corrected chi connectivity index (χ4v) is 4.67. The van der Waals surface area contributed by atoms with Crippen molar-refractivity contribution in [3.63, 3.8) is 0 Å². The first-order valence-corrected chi connectivity index (χ1v) is 9.78. The molecule has 5 nitrogen and oxygen atoms in total. The summed E-state index contributed by atoms with van der Waals surface area (Å²) < 4.78 is 27.0. The maximum atomic E-state index is 12.8. The number of sulfonamides is 1. The van der Waals surface area contributed by atoms with Gasteiger partial charge in [0.2, 0.25) is 10.0 Å². The molecule has 1 saturated heterocycles.